The predicted molar refractivity (Wildman–Crippen MR) is 157 cm³/mol. The van der Waals surface area contributed by atoms with Crippen molar-refractivity contribution in [3.8, 4) is 5.75 Å². The quantitative estimate of drug-likeness (QED) is 0.335. The van der Waals surface area contributed by atoms with E-state index in [4.69, 9.17) is 9.72 Å². The van der Waals surface area contributed by atoms with Crippen molar-refractivity contribution < 1.29 is 9.84 Å². The second-order valence-corrected chi connectivity index (χ2v) is 11.0. The summed E-state index contributed by atoms with van der Waals surface area (Å²) in [6.07, 6.45) is 3.72. The van der Waals surface area contributed by atoms with Crippen LogP contribution in [0.2, 0.25) is 0 Å². The molecule has 39 heavy (non-hydrogen) atoms. The Hall–Kier alpha value is -3.25. The molecular formula is C34H39N3O2. The highest BCUT2D eigenvalue weighted by Gasteiger charge is 2.31. The Balaban J connectivity index is 1.08. The molecule has 2 aliphatic rings. The van der Waals surface area contributed by atoms with Gasteiger partial charge in [-0.25, -0.2) is 0 Å². The molecule has 1 atom stereocenters. The first-order valence-electron chi connectivity index (χ1n) is 14.5. The number of nitrogens with zero attached hydrogens (tertiary/aromatic N) is 3. The van der Waals surface area contributed by atoms with Crippen molar-refractivity contribution in [2.45, 2.75) is 44.8 Å². The summed E-state index contributed by atoms with van der Waals surface area (Å²) < 4.78 is 6.10. The van der Waals surface area contributed by atoms with Gasteiger partial charge in [-0.3, -0.25) is 14.8 Å². The number of aryl methyl sites for hydroxylation is 3. The Morgan fingerprint density at radius 2 is 1.54 bits per heavy atom. The number of β-amino-alcohol motifs (C(OH)–C–C–N with tert-alkyl or cyclic N) is 1. The maximum Gasteiger partial charge on any atom is 0.128 e. The molecule has 4 aromatic rings. The zero-order chi connectivity index (χ0) is 26.6. The standard InChI is InChI=1S/C34H39N3O2/c1-2-8-27-17-18-31-32(35-27)13-7-14-33(31)39-24-28(38)23-36-19-21-37(22-20-36)34-29-11-5-3-9-25(29)15-16-26-10-4-6-12-30(26)34/h3-7,9-14,17-18,28,34,38H,2,8,15-16,19-24H2,1H3. The Bertz CT molecular complexity index is 1370. The molecule has 0 radical (unpaired) electrons. The Labute approximate surface area is 232 Å². The fourth-order valence-corrected chi connectivity index (χ4v) is 6.32. The molecule has 1 N–H and O–H groups in total. The van der Waals surface area contributed by atoms with Gasteiger partial charge in [0.1, 0.15) is 18.5 Å². The summed E-state index contributed by atoms with van der Waals surface area (Å²) in [6.45, 7) is 6.91. The highest BCUT2D eigenvalue weighted by atomic mass is 16.5. The number of benzene rings is 3. The molecule has 1 saturated heterocycles. The highest BCUT2D eigenvalue weighted by Crippen LogP contribution is 2.37. The molecule has 0 saturated carbocycles. The lowest BCUT2D eigenvalue weighted by Crippen LogP contribution is -2.50. The van der Waals surface area contributed by atoms with Gasteiger partial charge in [-0.2, -0.15) is 0 Å². The largest absolute Gasteiger partial charge is 0.490 e. The van der Waals surface area contributed by atoms with Crippen LogP contribution in [0.3, 0.4) is 0 Å². The Kier molecular flexibility index (Phi) is 7.91. The van der Waals surface area contributed by atoms with Gasteiger partial charge >= 0.3 is 0 Å². The van der Waals surface area contributed by atoms with Gasteiger partial charge < -0.3 is 9.84 Å². The third-order valence-electron chi connectivity index (χ3n) is 8.29. The van der Waals surface area contributed by atoms with Gasteiger partial charge in [0.25, 0.3) is 0 Å². The minimum absolute atomic E-state index is 0.277. The molecule has 3 aromatic carbocycles. The molecular weight excluding hydrogens is 482 g/mol. The second kappa shape index (κ2) is 11.9. The van der Waals surface area contributed by atoms with E-state index in [0.29, 0.717) is 12.6 Å². The molecule has 5 nitrogen and oxygen atoms in total. The van der Waals surface area contributed by atoms with Crippen LogP contribution >= 0.6 is 0 Å². The summed E-state index contributed by atoms with van der Waals surface area (Å²) >= 11 is 0. The maximum absolute atomic E-state index is 10.9. The van der Waals surface area contributed by atoms with Gasteiger partial charge in [-0.05, 0) is 65.8 Å². The number of hydrogen-bond acceptors (Lipinski definition) is 5. The van der Waals surface area contributed by atoms with Crippen molar-refractivity contribution in [3.05, 3.63) is 107 Å². The molecule has 6 rings (SSSR count). The summed E-state index contributed by atoms with van der Waals surface area (Å²) in [5.74, 6) is 0.789. The van der Waals surface area contributed by atoms with Crippen LogP contribution in [0.4, 0.5) is 0 Å². The van der Waals surface area contributed by atoms with Crippen molar-refractivity contribution in [1.29, 1.82) is 0 Å². The number of aromatic nitrogens is 1. The second-order valence-electron chi connectivity index (χ2n) is 11.0. The third-order valence-corrected chi connectivity index (χ3v) is 8.29. The van der Waals surface area contributed by atoms with E-state index in [1.165, 1.54) is 22.3 Å². The zero-order valence-corrected chi connectivity index (χ0v) is 22.9. The SMILES string of the molecule is CCCc1ccc2c(OCC(O)CN3CCN(C4c5ccccc5CCc5ccccc54)CC3)cccc2n1. The van der Waals surface area contributed by atoms with Crippen molar-refractivity contribution >= 4 is 10.9 Å². The number of piperazine rings is 1. The maximum atomic E-state index is 10.9. The number of aliphatic hydroxyl groups is 1. The van der Waals surface area contributed by atoms with E-state index in [0.717, 1.165) is 74.2 Å². The Morgan fingerprint density at radius 3 is 2.23 bits per heavy atom. The van der Waals surface area contributed by atoms with Gasteiger partial charge in [-0.1, -0.05) is 67.9 Å². The molecule has 1 aromatic heterocycles. The predicted octanol–water partition coefficient (Wildman–Crippen LogP) is 5.43. The molecule has 1 aliphatic heterocycles. The number of aliphatic hydroxyl groups excluding tert-OH is 1. The summed E-state index contributed by atoms with van der Waals surface area (Å²) in [7, 11) is 0. The molecule has 1 fully saturated rings. The van der Waals surface area contributed by atoms with Gasteiger partial charge in [0.2, 0.25) is 0 Å². The van der Waals surface area contributed by atoms with Crippen LogP contribution in [0.25, 0.3) is 10.9 Å². The molecule has 0 spiro atoms. The minimum Gasteiger partial charge on any atom is -0.490 e. The normalized spacial score (nSPS) is 17.4. The van der Waals surface area contributed by atoms with E-state index >= 15 is 0 Å². The van der Waals surface area contributed by atoms with Crippen molar-refractivity contribution in [1.82, 2.24) is 14.8 Å². The molecule has 2 heterocycles. The lowest BCUT2D eigenvalue weighted by atomic mass is 9.92. The molecule has 0 amide bonds. The van der Waals surface area contributed by atoms with Gasteiger partial charge in [-0.15, -0.1) is 0 Å². The number of ether oxygens (including phenoxy) is 1. The van der Waals surface area contributed by atoms with Crippen LogP contribution in [0.5, 0.6) is 5.75 Å². The lowest BCUT2D eigenvalue weighted by Gasteiger charge is -2.40. The third kappa shape index (κ3) is 5.72. The van der Waals surface area contributed by atoms with Crippen LogP contribution in [-0.4, -0.2) is 65.3 Å². The van der Waals surface area contributed by atoms with Crippen molar-refractivity contribution in [3.63, 3.8) is 0 Å². The molecule has 5 heteroatoms. The van der Waals surface area contributed by atoms with Crippen LogP contribution < -0.4 is 4.74 Å². The fraction of sp³-hybridized carbons (Fsp3) is 0.382. The molecule has 1 unspecified atom stereocenters. The molecule has 202 valence electrons. The van der Waals surface area contributed by atoms with E-state index in [2.05, 4.69) is 77.4 Å². The summed E-state index contributed by atoms with van der Waals surface area (Å²) in [5.41, 5.74) is 7.91. The van der Waals surface area contributed by atoms with Gasteiger partial charge in [0, 0.05) is 43.8 Å². The summed E-state index contributed by atoms with van der Waals surface area (Å²) in [5, 5.41) is 11.9. The monoisotopic (exact) mass is 521 g/mol. The van der Waals surface area contributed by atoms with E-state index in [-0.39, 0.29) is 6.61 Å². The van der Waals surface area contributed by atoms with Crippen LogP contribution in [0.15, 0.2) is 78.9 Å². The van der Waals surface area contributed by atoms with Gasteiger partial charge in [0.05, 0.1) is 11.6 Å². The number of hydrogen-bond donors (Lipinski definition) is 1. The smallest absolute Gasteiger partial charge is 0.128 e. The summed E-state index contributed by atoms with van der Waals surface area (Å²) in [4.78, 5) is 9.78. The highest BCUT2D eigenvalue weighted by molar-refractivity contribution is 5.85. The first-order valence-corrected chi connectivity index (χ1v) is 14.5. The van der Waals surface area contributed by atoms with Crippen LogP contribution in [0, 0.1) is 0 Å². The first kappa shape index (κ1) is 26.0. The molecule has 0 bridgehead atoms. The van der Waals surface area contributed by atoms with Crippen molar-refractivity contribution in [2.24, 2.45) is 0 Å². The van der Waals surface area contributed by atoms with Crippen LogP contribution in [0.1, 0.15) is 47.3 Å². The average molecular weight is 522 g/mol. The first-order chi connectivity index (χ1) is 19.2. The number of fused-ring (bicyclic) bond motifs is 3. The topological polar surface area (TPSA) is 48.8 Å². The number of pyridine rings is 1. The van der Waals surface area contributed by atoms with E-state index in [9.17, 15) is 5.11 Å². The fourth-order valence-electron chi connectivity index (χ4n) is 6.32. The molecule has 1 aliphatic carbocycles. The Morgan fingerprint density at radius 1 is 0.846 bits per heavy atom. The van der Waals surface area contributed by atoms with E-state index in [1.807, 2.05) is 18.2 Å². The lowest BCUT2D eigenvalue weighted by molar-refractivity contribution is 0.0403. The number of rotatable bonds is 8. The minimum atomic E-state index is -0.543. The van der Waals surface area contributed by atoms with Crippen molar-refractivity contribution in [2.75, 3.05) is 39.3 Å². The zero-order valence-electron chi connectivity index (χ0n) is 22.9. The van der Waals surface area contributed by atoms with Crippen LogP contribution in [-0.2, 0) is 19.3 Å². The van der Waals surface area contributed by atoms with E-state index < -0.39 is 6.10 Å². The van der Waals surface area contributed by atoms with E-state index in [1.54, 1.807) is 0 Å². The summed E-state index contributed by atoms with van der Waals surface area (Å²) in [6, 6.07) is 28.4. The average Bonchev–Trinajstić information content (AvgIpc) is 3.14. The van der Waals surface area contributed by atoms with Gasteiger partial charge in [0.15, 0.2) is 0 Å².